The van der Waals surface area contributed by atoms with Crippen molar-refractivity contribution >= 4 is 29.1 Å². The second kappa shape index (κ2) is 7.52. The molecule has 0 unspecified atom stereocenters. The Kier molecular flexibility index (Phi) is 6.01. The number of rotatable bonds is 7. The van der Waals surface area contributed by atoms with Crippen LogP contribution < -0.4 is 5.32 Å². The van der Waals surface area contributed by atoms with E-state index in [0.29, 0.717) is 19.6 Å². The number of anilines is 1. The van der Waals surface area contributed by atoms with E-state index in [1.165, 1.54) is 12.1 Å². The van der Waals surface area contributed by atoms with Crippen molar-refractivity contribution in [2.24, 2.45) is 0 Å². The highest BCUT2D eigenvalue weighted by molar-refractivity contribution is 6.29. The Morgan fingerprint density at radius 1 is 1.58 bits per heavy atom. The summed E-state index contributed by atoms with van der Waals surface area (Å²) < 4.78 is 4.76. The number of aromatic nitrogens is 1. The molecule has 0 saturated carbocycles. The van der Waals surface area contributed by atoms with Gasteiger partial charge in [0.1, 0.15) is 5.15 Å². The standard InChI is InChI=1S/C11H14ClN3O4/c1-2-19-10(16)4-3-7-13-11-8(15(17)18)5-6-9(12)14-11/h5-6H,2-4,7H2,1H3,(H,13,14). The third-order valence-electron chi connectivity index (χ3n) is 2.19. The molecule has 0 aromatic carbocycles. The van der Waals surface area contributed by atoms with Crippen molar-refractivity contribution in [1.82, 2.24) is 4.98 Å². The first-order valence-corrected chi connectivity index (χ1v) is 6.12. The number of pyridine rings is 1. The second-order valence-corrected chi connectivity index (χ2v) is 3.98. The summed E-state index contributed by atoms with van der Waals surface area (Å²) in [6.45, 7) is 2.44. The average Bonchev–Trinajstić information content (AvgIpc) is 2.34. The van der Waals surface area contributed by atoms with Crippen LogP contribution in [0, 0.1) is 10.1 Å². The third kappa shape index (κ3) is 5.09. The maximum Gasteiger partial charge on any atom is 0.311 e. The van der Waals surface area contributed by atoms with Gasteiger partial charge in [-0.3, -0.25) is 14.9 Å². The number of nitrogens with zero attached hydrogens (tertiary/aromatic N) is 2. The van der Waals surface area contributed by atoms with Crippen molar-refractivity contribution in [1.29, 1.82) is 0 Å². The lowest BCUT2D eigenvalue weighted by molar-refractivity contribution is -0.384. The third-order valence-corrected chi connectivity index (χ3v) is 2.40. The number of carbonyl (C=O) groups is 1. The SMILES string of the molecule is CCOC(=O)CCCNc1nc(Cl)ccc1[N+](=O)[O-]. The summed E-state index contributed by atoms with van der Waals surface area (Å²) in [7, 11) is 0. The van der Waals surface area contributed by atoms with Crippen LogP contribution in [0.25, 0.3) is 0 Å². The lowest BCUT2D eigenvalue weighted by Crippen LogP contribution is -2.10. The molecule has 104 valence electrons. The quantitative estimate of drug-likeness (QED) is 0.272. The molecular formula is C11H14ClN3O4. The Balaban J connectivity index is 2.51. The fourth-order valence-corrected chi connectivity index (χ4v) is 1.53. The minimum absolute atomic E-state index is 0.0985. The first-order valence-electron chi connectivity index (χ1n) is 5.75. The number of carbonyl (C=O) groups excluding carboxylic acids is 1. The molecule has 7 nitrogen and oxygen atoms in total. The van der Waals surface area contributed by atoms with Crippen molar-refractivity contribution < 1.29 is 14.5 Å². The summed E-state index contributed by atoms with van der Waals surface area (Å²) in [6.07, 6.45) is 0.736. The fraction of sp³-hybridized carbons (Fsp3) is 0.455. The second-order valence-electron chi connectivity index (χ2n) is 3.59. The molecule has 1 rings (SSSR count). The number of ether oxygens (including phenoxy) is 1. The summed E-state index contributed by atoms with van der Waals surface area (Å²) in [6, 6.07) is 2.63. The molecule has 1 N–H and O–H groups in total. The molecule has 0 aliphatic rings. The zero-order valence-corrected chi connectivity index (χ0v) is 11.1. The summed E-state index contributed by atoms with van der Waals surface area (Å²) >= 11 is 5.68. The molecule has 0 amide bonds. The lowest BCUT2D eigenvalue weighted by Gasteiger charge is -2.06. The Hall–Kier alpha value is -1.89. The highest BCUT2D eigenvalue weighted by Gasteiger charge is 2.15. The van der Waals surface area contributed by atoms with Gasteiger partial charge in [0.15, 0.2) is 0 Å². The number of hydrogen-bond donors (Lipinski definition) is 1. The predicted molar refractivity (Wildman–Crippen MR) is 70.3 cm³/mol. The van der Waals surface area contributed by atoms with E-state index >= 15 is 0 Å². The summed E-state index contributed by atoms with van der Waals surface area (Å²) in [5.41, 5.74) is -0.152. The molecule has 8 heteroatoms. The van der Waals surface area contributed by atoms with Crippen LogP contribution in [-0.2, 0) is 9.53 Å². The van der Waals surface area contributed by atoms with E-state index in [-0.39, 0.29) is 29.0 Å². The van der Waals surface area contributed by atoms with Crippen molar-refractivity contribution in [2.75, 3.05) is 18.5 Å². The van der Waals surface area contributed by atoms with Gasteiger partial charge in [0.05, 0.1) is 11.5 Å². The summed E-state index contributed by atoms with van der Waals surface area (Å²) in [4.78, 5) is 25.2. The minimum Gasteiger partial charge on any atom is -0.466 e. The first kappa shape index (κ1) is 15.2. The van der Waals surface area contributed by atoms with Gasteiger partial charge in [0.2, 0.25) is 5.82 Å². The fourth-order valence-electron chi connectivity index (χ4n) is 1.38. The average molecular weight is 288 g/mol. The lowest BCUT2D eigenvalue weighted by atomic mass is 10.3. The van der Waals surface area contributed by atoms with Gasteiger partial charge in [-0.2, -0.15) is 0 Å². The molecule has 0 fully saturated rings. The summed E-state index contributed by atoms with van der Waals surface area (Å²) in [5.74, 6) is -0.195. The molecule has 1 aromatic heterocycles. The van der Waals surface area contributed by atoms with Crippen molar-refractivity contribution in [3.63, 3.8) is 0 Å². The van der Waals surface area contributed by atoms with E-state index in [4.69, 9.17) is 16.3 Å². The van der Waals surface area contributed by atoms with E-state index in [9.17, 15) is 14.9 Å². The van der Waals surface area contributed by atoms with Gasteiger partial charge in [0.25, 0.3) is 0 Å². The van der Waals surface area contributed by atoms with Crippen molar-refractivity contribution in [2.45, 2.75) is 19.8 Å². The van der Waals surface area contributed by atoms with Crippen molar-refractivity contribution in [3.05, 3.63) is 27.4 Å². The molecule has 1 aromatic rings. The Labute approximate surface area is 115 Å². The van der Waals surface area contributed by atoms with Gasteiger partial charge in [-0.15, -0.1) is 0 Å². The van der Waals surface area contributed by atoms with Crippen LogP contribution in [0.1, 0.15) is 19.8 Å². The molecule has 0 atom stereocenters. The number of nitro groups is 1. The Bertz CT molecular complexity index is 467. The zero-order chi connectivity index (χ0) is 14.3. The van der Waals surface area contributed by atoms with Crippen molar-refractivity contribution in [3.8, 4) is 0 Å². The topological polar surface area (TPSA) is 94.4 Å². The van der Waals surface area contributed by atoms with Crippen LogP contribution in [0.4, 0.5) is 11.5 Å². The number of esters is 1. The predicted octanol–water partition coefficient (Wildman–Crippen LogP) is 2.40. The van der Waals surface area contributed by atoms with Gasteiger partial charge in [-0.25, -0.2) is 4.98 Å². The highest BCUT2D eigenvalue weighted by Crippen LogP contribution is 2.23. The smallest absolute Gasteiger partial charge is 0.311 e. The molecule has 1 heterocycles. The maximum atomic E-state index is 11.1. The summed E-state index contributed by atoms with van der Waals surface area (Å²) in [5, 5.41) is 13.7. The number of halogens is 1. The monoisotopic (exact) mass is 287 g/mol. The molecular weight excluding hydrogens is 274 g/mol. The van der Waals surface area contributed by atoms with Crippen LogP contribution in [0.15, 0.2) is 12.1 Å². The number of nitrogens with one attached hydrogen (secondary N) is 1. The molecule has 19 heavy (non-hydrogen) atoms. The molecule has 0 bridgehead atoms. The molecule has 0 aliphatic heterocycles. The van der Waals surface area contributed by atoms with Gasteiger partial charge >= 0.3 is 11.7 Å². The van der Waals surface area contributed by atoms with Crippen LogP contribution in [0.5, 0.6) is 0 Å². The van der Waals surface area contributed by atoms with Crippen LogP contribution in [0.3, 0.4) is 0 Å². The number of hydrogen-bond acceptors (Lipinski definition) is 6. The molecule has 0 radical (unpaired) electrons. The normalized spacial score (nSPS) is 10.0. The van der Waals surface area contributed by atoms with Gasteiger partial charge in [0, 0.05) is 19.0 Å². The van der Waals surface area contributed by atoms with Gasteiger partial charge in [-0.1, -0.05) is 11.6 Å². The Morgan fingerprint density at radius 2 is 2.32 bits per heavy atom. The Morgan fingerprint density at radius 3 is 2.95 bits per heavy atom. The van der Waals surface area contributed by atoms with Gasteiger partial charge < -0.3 is 10.1 Å². The van der Waals surface area contributed by atoms with Crippen LogP contribution in [-0.4, -0.2) is 29.0 Å². The van der Waals surface area contributed by atoms with Gasteiger partial charge in [-0.05, 0) is 19.4 Å². The maximum absolute atomic E-state index is 11.1. The van der Waals surface area contributed by atoms with E-state index in [2.05, 4.69) is 10.3 Å². The molecule has 0 spiro atoms. The first-order chi connectivity index (χ1) is 9.04. The van der Waals surface area contributed by atoms with E-state index < -0.39 is 4.92 Å². The van der Waals surface area contributed by atoms with E-state index in [1.54, 1.807) is 6.92 Å². The molecule has 0 aliphatic carbocycles. The zero-order valence-electron chi connectivity index (χ0n) is 10.4. The minimum atomic E-state index is -0.545. The van der Waals surface area contributed by atoms with Crippen LogP contribution >= 0.6 is 11.6 Å². The van der Waals surface area contributed by atoms with Crippen LogP contribution in [0.2, 0.25) is 5.15 Å². The van der Waals surface area contributed by atoms with E-state index in [0.717, 1.165) is 0 Å². The largest absolute Gasteiger partial charge is 0.466 e. The van der Waals surface area contributed by atoms with E-state index in [1.807, 2.05) is 0 Å². The highest BCUT2D eigenvalue weighted by atomic mass is 35.5. The molecule has 0 saturated heterocycles.